The van der Waals surface area contributed by atoms with Gasteiger partial charge in [0.2, 0.25) is 0 Å². The summed E-state index contributed by atoms with van der Waals surface area (Å²) in [7, 11) is 1.96. The van der Waals surface area contributed by atoms with Gasteiger partial charge >= 0.3 is 0 Å². The van der Waals surface area contributed by atoms with Gasteiger partial charge in [0, 0.05) is 31.4 Å². The molecule has 0 aliphatic heterocycles. The van der Waals surface area contributed by atoms with Gasteiger partial charge in [0.05, 0.1) is 5.69 Å². The summed E-state index contributed by atoms with van der Waals surface area (Å²) in [6.45, 7) is 2.89. The lowest BCUT2D eigenvalue weighted by Gasteiger charge is -2.15. The molecule has 2 N–H and O–H groups in total. The monoisotopic (exact) mass is 266 g/mol. The summed E-state index contributed by atoms with van der Waals surface area (Å²) in [5.74, 6) is 0. The smallest absolute Gasteiger partial charge is 0.166 e. The minimum atomic E-state index is 0.574. The summed E-state index contributed by atoms with van der Waals surface area (Å²) >= 11 is 5.33. The van der Waals surface area contributed by atoms with Crippen molar-refractivity contribution in [3.63, 3.8) is 0 Å². The van der Waals surface area contributed by atoms with Crippen LogP contribution in [0.4, 0.5) is 0 Å². The summed E-state index contributed by atoms with van der Waals surface area (Å²) in [6.07, 6.45) is 8.15. The fraction of sp³-hybridized carbons (Fsp3) is 0.692. The van der Waals surface area contributed by atoms with Crippen LogP contribution in [0.15, 0.2) is 6.20 Å². The maximum Gasteiger partial charge on any atom is 0.166 e. The number of hydrogen-bond acceptors (Lipinski definition) is 2. The van der Waals surface area contributed by atoms with Crippen LogP contribution in [-0.4, -0.2) is 20.9 Å². The second-order valence-electron chi connectivity index (χ2n) is 4.94. The number of aryl methyl sites for hydroxylation is 2. The van der Waals surface area contributed by atoms with Crippen molar-refractivity contribution in [2.45, 2.75) is 51.6 Å². The highest BCUT2D eigenvalue weighted by atomic mass is 32.1. The summed E-state index contributed by atoms with van der Waals surface area (Å²) in [5, 5.41) is 11.9. The largest absolute Gasteiger partial charge is 0.360 e. The fourth-order valence-corrected chi connectivity index (χ4v) is 2.75. The molecule has 0 bridgehead atoms. The van der Waals surface area contributed by atoms with Gasteiger partial charge in [-0.1, -0.05) is 19.8 Å². The van der Waals surface area contributed by atoms with Gasteiger partial charge in [0.1, 0.15) is 0 Å². The molecule has 4 nitrogen and oxygen atoms in total. The van der Waals surface area contributed by atoms with Crippen molar-refractivity contribution < 1.29 is 0 Å². The maximum absolute atomic E-state index is 5.33. The zero-order valence-electron chi connectivity index (χ0n) is 11.2. The third kappa shape index (κ3) is 3.45. The van der Waals surface area contributed by atoms with Crippen molar-refractivity contribution in [2.24, 2.45) is 7.05 Å². The third-order valence-corrected chi connectivity index (χ3v) is 3.72. The predicted octanol–water partition coefficient (Wildman–Crippen LogP) is 1.89. The van der Waals surface area contributed by atoms with Crippen molar-refractivity contribution in [3.05, 3.63) is 17.5 Å². The SMILES string of the molecule is CCc1nn(C)cc1CNC(=S)NC1CCCC1. The Morgan fingerprint density at radius 3 is 2.89 bits per heavy atom. The summed E-state index contributed by atoms with van der Waals surface area (Å²) < 4.78 is 1.86. The van der Waals surface area contributed by atoms with E-state index in [2.05, 4.69) is 28.9 Å². The van der Waals surface area contributed by atoms with E-state index in [0.29, 0.717) is 6.04 Å². The van der Waals surface area contributed by atoms with Crippen LogP contribution in [0.3, 0.4) is 0 Å². The molecular weight excluding hydrogens is 244 g/mol. The van der Waals surface area contributed by atoms with E-state index in [-0.39, 0.29) is 0 Å². The quantitative estimate of drug-likeness (QED) is 0.817. The molecule has 0 radical (unpaired) electrons. The number of hydrogen-bond donors (Lipinski definition) is 2. The average Bonchev–Trinajstić information content (AvgIpc) is 2.95. The molecule has 1 aromatic rings. The maximum atomic E-state index is 5.33. The summed E-state index contributed by atoms with van der Waals surface area (Å²) in [6, 6.07) is 0.574. The first-order valence-corrected chi connectivity index (χ1v) is 7.15. The Hall–Kier alpha value is -1.10. The Morgan fingerprint density at radius 2 is 2.22 bits per heavy atom. The third-order valence-electron chi connectivity index (χ3n) is 3.46. The summed E-state index contributed by atoms with van der Waals surface area (Å²) in [5.41, 5.74) is 2.38. The van der Waals surface area contributed by atoms with Crippen LogP contribution in [0, 0.1) is 0 Å². The Kier molecular flexibility index (Phi) is 4.58. The van der Waals surface area contributed by atoms with E-state index in [4.69, 9.17) is 12.2 Å². The molecule has 1 aliphatic rings. The van der Waals surface area contributed by atoms with Gasteiger partial charge in [-0.3, -0.25) is 4.68 Å². The number of nitrogens with one attached hydrogen (secondary N) is 2. The van der Waals surface area contributed by atoms with Gasteiger partial charge in [-0.2, -0.15) is 5.10 Å². The molecule has 1 fully saturated rings. The Morgan fingerprint density at radius 1 is 1.50 bits per heavy atom. The molecule has 5 heteroatoms. The molecule has 1 heterocycles. The molecule has 1 saturated carbocycles. The van der Waals surface area contributed by atoms with Crippen molar-refractivity contribution in [1.82, 2.24) is 20.4 Å². The van der Waals surface area contributed by atoms with Crippen molar-refractivity contribution in [2.75, 3.05) is 0 Å². The van der Waals surface area contributed by atoms with Crippen LogP contribution < -0.4 is 10.6 Å². The van der Waals surface area contributed by atoms with Gasteiger partial charge in [-0.05, 0) is 31.5 Å². The van der Waals surface area contributed by atoms with Crippen LogP contribution in [-0.2, 0) is 20.0 Å². The lowest BCUT2D eigenvalue weighted by molar-refractivity contribution is 0.621. The first-order chi connectivity index (χ1) is 8.69. The molecule has 0 unspecified atom stereocenters. The fourth-order valence-electron chi connectivity index (χ4n) is 2.51. The van der Waals surface area contributed by atoms with Crippen molar-refractivity contribution >= 4 is 17.3 Å². The zero-order chi connectivity index (χ0) is 13.0. The highest BCUT2D eigenvalue weighted by Crippen LogP contribution is 2.17. The number of aromatic nitrogens is 2. The van der Waals surface area contributed by atoms with E-state index in [0.717, 1.165) is 23.8 Å². The Bertz CT molecular complexity index is 407. The molecule has 2 rings (SSSR count). The molecule has 0 aromatic carbocycles. The van der Waals surface area contributed by atoms with Gasteiger partial charge in [0.15, 0.2) is 5.11 Å². The normalized spacial score (nSPS) is 15.9. The lowest BCUT2D eigenvalue weighted by atomic mass is 10.2. The average molecular weight is 266 g/mol. The zero-order valence-corrected chi connectivity index (χ0v) is 12.0. The van der Waals surface area contributed by atoms with Gasteiger partial charge < -0.3 is 10.6 Å². The molecule has 100 valence electrons. The lowest BCUT2D eigenvalue weighted by Crippen LogP contribution is -2.40. The van der Waals surface area contributed by atoms with Gasteiger partial charge in [-0.15, -0.1) is 0 Å². The molecule has 0 amide bonds. The van der Waals surface area contributed by atoms with Crippen LogP contribution in [0.25, 0.3) is 0 Å². The standard InChI is InChI=1S/C13H22N4S/c1-3-12-10(9-17(2)16-12)8-14-13(18)15-11-6-4-5-7-11/h9,11H,3-8H2,1-2H3,(H2,14,15,18). The van der Waals surface area contributed by atoms with Crippen LogP contribution >= 0.6 is 12.2 Å². The Labute approximate surface area is 114 Å². The second-order valence-corrected chi connectivity index (χ2v) is 5.34. The molecule has 0 atom stereocenters. The number of rotatable bonds is 4. The van der Waals surface area contributed by atoms with E-state index < -0.39 is 0 Å². The van der Waals surface area contributed by atoms with Crippen molar-refractivity contribution in [1.29, 1.82) is 0 Å². The number of nitrogens with zero attached hydrogens (tertiary/aromatic N) is 2. The first-order valence-electron chi connectivity index (χ1n) is 6.74. The minimum absolute atomic E-state index is 0.574. The van der Waals surface area contributed by atoms with E-state index in [1.807, 2.05) is 11.7 Å². The highest BCUT2D eigenvalue weighted by Gasteiger charge is 2.15. The highest BCUT2D eigenvalue weighted by molar-refractivity contribution is 7.80. The summed E-state index contributed by atoms with van der Waals surface area (Å²) in [4.78, 5) is 0. The molecule has 0 saturated heterocycles. The van der Waals surface area contributed by atoms with E-state index >= 15 is 0 Å². The topological polar surface area (TPSA) is 41.9 Å². The molecule has 1 aliphatic carbocycles. The van der Waals surface area contributed by atoms with Gasteiger partial charge in [0.25, 0.3) is 0 Å². The second kappa shape index (κ2) is 6.18. The number of thiocarbonyl (C=S) groups is 1. The minimum Gasteiger partial charge on any atom is -0.360 e. The molecule has 0 spiro atoms. The van der Waals surface area contributed by atoms with E-state index in [1.54, 1.807) is 0 Å². The van der Waals surface area contributed by atoms with Crippen LogP contribution in [0.5, 0.6) is 0 Å². The Balaban J connectivity index is 1.81. The van der Waals surface area contributed by atoms with Crippen LogP contribution in [0.1, 0.15) is 43.9 Å². The predicted molar refractivity (Wildman–Crippen MR) is 77.4 cm³/mol. The van der Waals surface area contributed by atoms with E-state index in [1.165, 1.54) is 31.2 Å². The van der Waals surface area contributed by atoms with E-state index in [9.17, 15) is 0 Å². The first kappa shape index (κ1) is 13.3. The van der Waals surface area contributed by atoms with Gasteiger partial charge in [-0.25, -0.2) is 0 Å². The molecule has 18 heavy (non-hydrogen) atoms. The van der Waals surface area contributed by atoms with Crippen LogP contribution in [0.2, 0.25) is 0 Å². The molecule has 1 aromatic heterocycles. The van der Waals surface area contributed by atoms with Crippen molar-refractivity contribution in [3.8, 4) is 0 Å². The molecular formula is C13H22N4S.